The van der Waals surface area contributed by atoms with Gasteiger partial charge in [0.15, 0.2) is 0 Å². The maximum absolute atomic E-state index is 13.6. The molecule has 10 heteroatoms. The number of rotatable bonds is 10. The van der Waals surface area contributed by atoms with E-state index in [0.717, 1.165) is 28.8 Å². The van der Waals surface area contributed by atoms with Gasteiger partial charge in [0.05, 0.1) is 35.9 Å². The van der Waals surface area contributed by atoms with Crippen LogP contribution in [0.25, 0.3) is 22.3 Å². The van der Waals surface area contributed by atoms with Crippen LogP contribution in [0.5, 0.6) is 5.75 Å². The number of ether oxygens (including phenoxy) is 2. The molecule has 0 saturated heterocycles. The van der Waals surface area contributed by atoms with Gasteiger partial charge in [0.25, 0.3) is 5.91 Å². The van der Waals surface area contributed by atoms with E-state index in [0.29, 0.717) is 17.5 Å². The number of halogens is 5. The van der Waals surface area contributed by atoms with Crippen LogP contribution < -0.4 is 10.1 Å². The summed E-state index contributed by atoms with van der Waals surface area (Å²) in [6.45, 7) is 1.86. The van der Waals surface area contributed by atoms with Crippen LogP contribution >= 0.6 is 11.6 Å². The SMILES string of the molecule is CCOC(=O)C=CC(Cc1ccc(-c2ccc(F)c(Cl)c2)cc1)NC(=O)c1cc(-c2ccc(C(F)(F)F)cc2)ccc1OC. The van der Waals surface area contributed by atoms with Crippen molar-refractivity contribution < 1.29 is 36.6 Å². The second-order valence-corrected chi connectivity index (χ2v) is 10.1. The fraction of sp³-hybridized carbons (Fsp3) is 0.176. The summed E-state index contributed by atoms with van der Waals surface area (Å²) >= 11 is 5.92. The van der Waals surface area contributed by atoms with Gasteiger partial charge in [-0.25, -0.2) is 9.18 Å². The number of esters is 1. The number of carbonyl (C=O) groups excluding carboxylic acids is 2. The van der Waals surface area contributed by atoms with E-state index in [2.05, 4.69) is 5.32 Å². The van der Waals surface area contributed by atoms with Gasteiger partial charge in [-0.1, -0.05) is 66.2 Å². The van der Waals surface area contributed by atoms with Gasteiger partial charge < -0.3 is 14.8 Å². The predicted molar refractivity (Wildman–Crippen MR) is 161 cm³/mol. The fourth-order valence-corrected chi connectivity index (χ4v) is 4.66. The van der Waals surface area contributed by atoms with Gasteiger partial charge in [-0.2, -0.15) is 13.2 Å². The van der Waals surface area contributed by atoms with Crippen molar-refractivity contribution in [2.75, 3.05) is 13.7 Å². The van der Waals surface area contributed by atoms with E-state index in [1.54, 1.807) is 25.1 Å². The number of alkyl halides is 3. The van der Waals surface area contributed by atoms with Crippen LogP contribution in [0.4, 0.5) is 17.6 Å². The van der Waals surface area contributed by atoms with Crippen LogP contribution in [0.15, 0.2) is 97.1 Å². The second-order valence-electron chi connectivity index (χ2n) is 9.71. The Morgan fingerprint density at radius 1 is 0.886 bits per heavy atom. The number of hydrogen-bond acceptors (Lipinski definition) is 4. The molecule has 1 N–H and O–H groups in total. The zero-order valence-corrected chi connectivity index (χ0v) is 24.5. The smallest absolute Gasteiger partial charge is 0.416 e. The predicted octanol–water partition coefficient (Wildman–Crippen LogP) is 8.30. The second kappa shape index (κ2) is 14.2. The third-order valence-electron chi connectivity index (χ3n) is 6.72. The molecule has 0 heterocycles. The lowest BCUT2D eigenvalue weighted by molar-refractivity contribution is -0.138. The maximum Gasteiger partial charge on any atom is 0.416 e. The number of benzene rings is 4. The zero-order chi connectivity index (χ0) is 31.9. The molecular formula is C34H28ClF4NO4. The zero-order valence-electron chi connectivity index (χ0n) is 23.8. The Morgan fingerprint density at radius 2 is 1.48 bits per heavy atom. The highest BCUT2D eigenvalue weighted by molar-refractivity contribution is 6.31. The summed E-state index contributed by atoms with van der Waals surface area (Å²) in [6, 6.07) is 20.5. The molecule has 0 bridgehead atoms. The minimum atomic E-state index is -4.47. The molecule has 0 spiro atoms. The molecule has 0 aliphatic carbocycles. The maximum atomic E-state index is 13.6. The summed E-state index contributed by atoms with van der Waals surface area (Å²) in [5.74, 6) is -1.35. The molecule has 1 atom stereocenters. The van der Waals surface area contributed by atoms with Gasteiger partial charge in [0.1, 0.15) is 11.6 Å². The van der Waals surface area contributed by atoms with Crippen LogP contribution in [0.1, 0.15) is 28.4 Å². The summed E-state index contributed by atoms with van der Waals surface area (Å²) in [5.41, 5.74) is 2.74. The Kier molecular flexibility index (Phi) is 10.4. The molecule has 0 fully saturated rings. The average Bonchev–Trinajstić information content (AvgIpc) is 3.01. The highest BCUT2D eigenvalue weighted by atomic mass is 35.5. The highest BCUT2D eigenvalue weighted by Gasteiger charge is 2.30. The largest absolute Gasteiger partial charge is 0.496 e. The van der Waals surface area contributed by atoms with Crippen molar-refractivity contribution in [3.8, 4) is 28.0 Å². The van der Waals surface area contributed by atoms with Crippen LogP contribution in [-0.4, -0.2) is 31.6 Å². The van der Waals surface area contributed by atoms with E-state index >= 15 is 0 Å². The molecule has 5 nitrogen and oxygen atoms in total. The van der Waals surface area contributed by atoms with Crippen molar-refractivity contribution in [1.82, 2.24) is 5.32 Å². The molecule has 4 rings (SSSR count). The minimum absolute atomic E-state index is 0.0104. The van der Waals surface area contributed by atoms with E-state index in [1.165, 1.54) is 49.6 Å². The number of hydrogen-bond donors (Lipinski definition) is 1. The third kappa shape index (κ3) is 8.26. The number of amides is 1. The lowest BCUT2D eigenvalue weighted by atomic mass is 9.99. The standard InChI is InChI=1S/C34H28ClF4NO4/c1-3-44-32(41)17-14-27(18-21-4-6-22(7-5-21)25-10-15-30(36)29(35)20-25)40-33(42)28-19-24(11-16-31(28)43-2)23-8-12-26(13-9-23)34(37,38)39/h4-17,19-20,27H,3,18H2,1-2H3,(H,40,42). The van der Waals surface area contributed by atoms with Gasteiger partial charge in [0, 0.05) is 6.08 Å². The van der Waals surface area contributed by atoms with Gasteiger partial charge in [-0.15, -0.1) is 0 Å². The topological polar surface area (TPSA) is 64.6 Å². The Labute approximate surface area is 257 Å². The summed E-state index contributed by atoms with van der Waals surface area (Å²) in [7, 11) is 1.40. The average molecular weight is 626 g/mol. The van der Waals surface area contributed by atoms with Crippen LogP contribution in [-0.2, 0) is 22.1 Å². The van der Waals surface area contributed by atoms with Crippen molar-refractivity contribution in [2.45, 2.75) is 25.6 Å². The van der Waals surface area contributed by atoms with Crippen LogP contribution in [0, 0.1) is 5.82 Å². The first kappa shape index (κ1) is 32.3. The fourth-order valence-electron chi connectivity index (χ4n) is 4.48. The van der Waals surface area contributed by atoms with Crippen LogP contribution in [0.3, 0.4) is 0 Å². The molecule has 1 unspecified atom stereocenters. The van der Waals surface area contributed by atoms with E-state index in [4.69, 9.17) is 21.1 Å². The van der Waals surface area contributed by atoms with E-state index in [-0.39, 0.29) is 22.9 Å². The van der Waals surface area contributed by atoms with Gasteiger partial charge in [-0.3, -0.25) is 4.79 Å². The Bertz CT molecular complexity index is 1650. The van der Waals surface area contributed by atoms with Crippen LogP contribution in [0.2, 0.25) is 5.02 Å². The molecule has 4 aromatic carbocycles. The third-order valence-corrected chi connectivity index (χ3v) is 7.01. The Hall–Kier alpha value is -4.63. The monoisotopic (exact) mass is 625 g/mol. The molecular weight excluding hydrogens is 598 g/mol. The summed E-state index contributed by atoms with van der Waals surface area (Å²) in [5, 5.41) is 2.91. The summed E-state index contributed by atoms with van der Waals surface area (Å²) < 4.78 is 63.0. The first-order valence-corrected chi connectivity index (χ1v) is 13.9. The molecule has 228 valence electrons. The van der Waals surface area contributed by atoms with Gasteiger partial charge in [-0.05, 0) is 77.6 Å². The number of nitrogens with one attached hydrogen (secondary N) is 1. The molecule has 0 aliphatic heterocycles. The first-order valence-electron chi connectivity index (χ1n) is 13.5. The van der Waals surface area contributed by atoms with Gasteiger partial charge in [0.2, 0.25) is 0 Å². The van der Waals surface area contributed by atoms with Crippen molar-refractivity contribution in [3.05, 3.63) is 125 Å². The molecule has 44 heavy (non-hydrogen) atoms. The summed E-state index contributed by atoms with van der Waals surface area (Å²) in [6.07, 6.45) is -1.41. The van der Waals surface area contributed by atoms with E-state index in [9.17, 15) is 27.2 Å². The van der Waals surface area contributed by atoms with E-state index in [1.807, 2.05) is 24.3 Å². The Morgan fingerprint density at radius 3 is 2.07 bits per heavy atom. The lowest BCUT2D eigenvalue weighted by Crippen LogP contribution is -2.35. The molecule has 1 amide bonds. The normalized spacial score (nSPS) is 12.2. The number of methoxy groups -OCH3 is 1. The van der Waals surface area contributed by atoms with Crippen molar-refractivity contribution in [2.24, 2.45) is 0 Å². The van der Waals surface area contributed by atoms with Gasteiger partial charge >= 0.3 is 12.1 Å². The van der Waals surface area contributed by atoms with Crippen molar-refractivity contribution in [3.63, 3.8) is 0 Å². The minimum Gasteiger partial charge on any atom is -0.496 e. The van der Waals surface area contributed by atoms with E-state index < -0.39 is 35.5 Å². The lowest BCUT2D eigenvalue weighted by Gasteiger charge is -2.18. The molecule has 0 aromatic heterocycles. The Balaban J connectivity index is 1.58. The molecule has 0 aliphatic rings. The molecule has 4 aromatic rings. The summed E-state index contributed by atoms with van der Waals surface area (Å²) in [4.78, 5) is 25.6. The number of carbonyl (C=O) groups is 2. The quantitative estimate of drug-likeness (QED) is 0.109. The molecule has 0 radical (unpaired) electrons. The van der Waals surface area contributed by atoms with Crippen molar-refractivity contribution >= 4 is 23.5 Å². The highest BCUT2D eigenvalue weighted by Crippen LogP contribution is 2.32. The first-order chi connectivity index (χ1) is 21.0. The van der Waals surface area contributed by atoms with Crippen molar-refractivity contribution in [1.29, 1.82) is 0 Å². The molecule has 0 saturated carbocycles.